The fourth-order valence-electron chi connectivity index (χ4n) is 0.206. The molecule has 0 saturated carbocycles. The van der Waals surface area contributed by atoms with Crippen LogP contribution >= 0.6 is 11.8 Å². The first kappa shape index (κ1) is 8.29. The van der Waals surface area contributed by atoms with Crippen molar-refractivity contribution in [1.82, 2.24) is 0 Å². The monoisotopic (exact) mass is 147 g/mol. The number of thioether (sulfide) groups is 1. The van der Waals surface area contributed by atoms with Crippen molar-refractivity contribution in [3.63, 3.8) is 0 Å². The number of nitrogens with two attached hydrogens (primary N) is 2. The van der Waals surface area contributed by atoms with Gasteiger partial charge in [-0.05, 0) is 0 Å². The summed E-state index contributed by atoms with van der Waals surface area (Å²) in [5.74, 6) is -0.284. The highest BCUT2D eigenvalue weighted by Gasteiger charge is 1.97. The molecule has 0 rings (SSSR count). The molecule has 0 aromatic heterocycles. The highest BCUT2D eigenvalue weighted by Crippen LogP contribution is 1.98. The zero-order valence-corrected chi connectivity index (χ0v) is 5.48. The number of rotatable bonds is 3. The molecule has 5 heteroatoms. The van der Waals surface area contributed by atoms with Crippen molar-refractivity contribution in [2.75, 3.05) is 5.75 Å². The van der Waals surface area contributed by atoms with Gasteiger partial charge in [0.2, 0.25) is 5.91 Å². The third-order valence-corrected chi connectivity index (χ3v) is 1.13. The quantitative estimate of drug-likeness (QED) is 0.563. The van der Waals surface area contributed by atoms with Crippen LogP contribution in [0.4, 0.5) is 4.79 Å². The van der Waals surface area contributed by atoms with Gasteiger partial charge < -0.3 is 11.5 Å². The summed E-state index contributed by atoms with van der Waals surface area (Å²) in [6.07, 6.45) is 1.19. The minimum Gasteiger partial charge on any atom is -0.369 e. The van der Waals surface area contributed by atoms with E-state index in [1.54, 1.807) is 0 Å². The maximum atomic E-state index is 9.99. The molecule has 0 atom stereocenters. The molecule has 9 heavy (non-hydrogen) atoms. The number of primary amides is 2. The first-order valence-corrected chi connectivity index (χ1v) is 3.16. The average Bonchev–Trinajstić information content (AvgIpc) is 1.63. The van der Waals surface area contributed by atoms with E-state index in [1.807, 2.05) is 0 Å². The molecule has 4 nitrogen and oxygen atoms in total. The molecule has 0 aliphatic rings. The first-order chi connectivity index (χ1) is 4.13. The molecular weight excluding hydrogens is 140 g/mol. The summed E-state index contributed by atoms with van der Waals surface area (Å²) in [5, 5.41) is -0.507. The maximum Gasteiger partial charge on any atom is 0.276 e. The summed E-state index contributed by atoms with van der Waals surface area (Å²) in [6, 6.07) is 0. The van der Waals surface area contributed by atoms with Gasteiger partial charge in [-0.15, -0.1) is 0 Å². The Morgan fingerprint density at radius 3 is 2.33 bits per heavy atom. The number of hydrogen-bond donors (Lipinski definition) is 2. The van der Waals surface area contributed by atoms with Crippen LogP contribution in [-0.2, 0) is 4.79 Å². The second-order valence-corrected chi connectivity index (χ2v) is 2.26. The Kier molecular flexibility index (Phi) is 3.87. The van der Waals surface area contributed by atoms with Crippen LogP contribution in [0.3, 0.4) is 0 Å². The predicted octanol–water partition coefficient (Wildman–Crippen LogP) is -0.512. The molecule has 0 heterocycles. The smallest absolute Gasteiger partial charge is 0.276 e. The standard InChI is InChI=1S/C4H7N2O2S/c5-3(7)1-2-9-4(6)8/h1H,2H2,(H2,5,7)(H2,6,8). The van der Waals surface area contributed by atoms with E-state index in [1.165, 1.54) is 6.42 Å². The molecule has 0 aromatic carbocycles. The molecule has 2 amide bonds. The molecule has 0 aliphatic carbocycles. The van der Waals surface area contributed by atoms with Crippen LogP contribution in [0.15, 0.2) is 0 Å². The number of carbonyl (C=O) groups is 2. The fraction of sp³-hybridized carbons (Fsp3) is 0.250. The van der Waals surface area contributed by atoms with Crippen molar-refractivity contribution in [1.29, 1.82) is 0 Å². The van der Waals surface area contributed by atoms with Crippen molar-refractivity contribution in [3.05, 3.63) is 6.42 Å². The Morgan fingerprint density at radius 2 is 2.00 bits per heavy atom. The third kappa shape index (κ3) is 7.29. The average molecular weight is 147 g/mol. The van der Waals surface area contributed by atoms with Gasteiger partial charge in [-0.1, -0.05) is 11.8 Å². The Bertz CT molecular complexity index is 112. The van der Waals surface area contributed by atoms with Gasteiger partial charge >= 0.3 is 0 Å². The topological polar surface area (TPSA) is 86.2 Å². The highest BCUT2D eigenvalue weighted by atomic mass is 32.2. The molecule has 0 spiro atoms. The van der Waals surface area contributed by atoms with Gasteiger partial charge in [-0.2, -0.15) is 0 Å². The SMILES string of the molecule is NC(=O)[CH]CSC(N)=O. The van der Waals surface area contributed by atoms with Crippen LogP contribution in [0.25, 0.3) is 0 Å². The van der Waals surface area contributed by atoms with E-state index in [0.717, 1.165) is 11.8 Å². The van der Waals surface area contributed by atoms with E-state index >= 15 is 0 Å². The molecule has 4 N–H and O–H groups in total. The van der Waals surface area contributed by atoms with Gasteiger partial charge in [-0.25, -0.2) is 0 Å². The third-order valence-electron chi connectivity index (χ3n) is 0.510. The van der Waals surface area contributed by atoms with E-state index < -0.39 is 11.1 Å². The molecule has 0 fully saturated rings. The minimum atomic E-state index is -0.538. The maximum absolute atomic E-state index is 9.99. The van der Waals surface area contributed by atoms with Gasteiger partial charge in [0.25, 0.3) is 5.24 Å². The second-order valence-electron chi connectivity index (χ2n) is 1.24. The molecule has 51 valence electrons. The highest BCUT2D eigenvalue weighted by molar-refractivity contribution is 8.13. The largest absolute Gasteiger partial charge is 0.369 e. The zero-order chi connectivity index (χ0) is 7.28. The molecule has 0 saturated heterocycles. The van der Waals surface area contributed by atoms with Crippen LogP contribution in [0.1, 0.15) is 0 Å². The van der Waals surface area contributed by atoms with Crippen LogP contribution < -0.4 is 11.5 Å². The Labute approximate surface area is 57.0 Å². The predicted molar refractivity (Wildman–Crippen MR) is 35.5 cm³/mol. The summed E-state index contributed by atoms with van der Waals surface area (Å²) in [5.41, 5.74) is 9.45. The van der Waals surface area contributed by atoms with E-state index in [2.05, 4.69) is 0 Å². The van der Waals surface area contributed by atoms with Crippen LogP contribution in [0.5, 0.6) is 0 Å². The molecule has 0 bridgehead atoms. The summed E-state index contributed by atoms with van der Waals surface area (Å²) >= 11 is 0.842. The Morgan fingerprint density at radius 1 is 1.44 bits per heavy atom. The van der Waals surface area contributed by atoms with Crippen molar-refractivity contribution < 1.29 is 9.59 Å². The lowest BCUT2D eigenvalue weighted by atomic mass is 10.5. The number of hydrogen-bond acceptors (Lipinski definition) is 3. The summed E-state index contributed by atoms with van der Waals surface area (Å²) < 4.78 is 0. The van der Waals surface area contributed by atoms with E-state index in [0.29, 0.717) is 0 Å². The lowest BCUT2D eigenvalue weighted by molar-refractivity contribution is -0.114. The first-order valence-electron chi connectivity index (χ1n) is 2.18. The summed E-state index contributed by atoms with van der Waals surface area (Å²) in [7, 11) is 0. The van der Waals surface area contributed by atoms with E-state index in [9.17, 15) is 9.59 Å². The molecule has 0 unspecified atom stereocenters. The summed E-state index contributed by atoms with van der Waals surface area (Å²) in [4.78, 5) is 20.0. The van der Waals surface area contributed by atoms with Crippen LogP contribution in [0.2, 0.25) is 0 Å². The van der Waals surface area contributed by atoms with Crippen molar-refractivity contribution in [2.45, 2.75) is 0 Å². The number of carbonyl (C=O) groups excluding carboxylic acids is 2. The van der Waals surface area contributed by atoms with Crippen molar-refractivity contribution >= 4 is 22.9 Å². The second kappa shape index (κ2) is 4.20. The number of amides is 2. The Hall–Kier alpha value is -0.710. The van der Waals surface area contributed by atoms with Gasteiger partial charge in [0.05, 0.1) is 6.42 Å². The van der Waals surface area contributed by atoms with E-state index in [-0.39, 0.29) is 5.75 Å². The Balaban J connectivity index is 3.10. The van der Waals surface area contributed by atoms with Gasteiger partial charge in [0.15, 0.2) is 0 Å². The summed E-state index contributed by atoms with van der Waals surface area (Å²) in [6.45, 7) is 0. The normalized spacial score (nSPS) is 8.89. The van der Waals surface area contributed by atoms with Crippen LogP contribution in [0, 0.1) is 6.42 Å². The lowest BCUT2D eigenvalue weighted by Crippen LogP contribution is -2.13. The van der Waals surface area contributed by atoms with E-state index in [4.69, 9.17) is 11.5 Å². The van der Waals surface area contributed by atoms with Crippen LogP contribution in [-0.4, -0.2) is 16.9 Å². The zero-order valence-electron chi connectivity index (χ0n) is 4.66. The molecule has 1 radical (unpaired) electrons. The fourth-order valence-corrected chi connectivity index (χ4v) is 0.618. The molecule has 0 aromatic rings. The minimum absolute atomic E-state index is 0.255. The molecular formula is C4H7N2O2S. The lowest BCUT2D eigenvalue weighted by Gasteiger charge is -1.89. The van der Waals surface area contributed by atoms with Gasteiger partial charge in [-0.3, -0.25) is 9.59 Å². The molecule has 0 aliphatic heterocycles. The van der Waals surface area contributed by atoms with Crippen molar-refractivity contribution in [3.8, 4) is 0 Å². The van der Waals surface area contributed by atoms with Gasteiger partial charge in [0, 0.05) is 5.75 Å². The van der Waals surface area contributed by atoms with Gasteiger partial charge in [0.1, 0.15) is 0 Å². The van der Waals surface area contributed by atoms with Crippen molar-refractivity contribution in [2.24, 2.45) is 11.5 Å².